The summed E-state index contributed by atoms with van der Waals surface area (Å²) < 4.78 is 0. The fourth-order valence-electron chi connectivity index (χ4n) is 1.32. The molecule has 0 radical (unpaired) electrons. The number of rotatable bonds is 9. The Labute approximate surface area is 91.2 Å². The van der Waals surface area contributed by atoms with Gasteiger partial charge in [0.25, 0.3) is 0 Å². The molecule has 0 rings (SSSR count). The van der Waals surface area contributed by atoms with Gasteiger partial charge in [0.2, 0.25) is 0 Å². The summed E-state index contributed by atoms with van der Waals surface area (Å²) in [5.74, 6) is 0.0117. The van der Waals surface area contributed by atoms with Gasteiger partial charge in [-0.1, -0.05) is 19.3 Å². The Morgan fingerprint density at radius 2 is 1.93 bits per heavy atom. The van der Waals surface area contributed by atoms with Crippen LogP contribution in [0.1, 0.15) is 45.4 Å². The summed E-state index contributed by atoms with van der Waals surface area (Å²) in [5, 5.41) is 9.00. The lowest BCUT2D eigenvalue weighted by Crippen LogP contribution is -1.98. The Bertz CT molecular complexity index is 207. The van der Waals surface area contributed by atoms with E-state index in [0.717, 1.165) is 32.1 Å². The fourth-order valence-corrected chi connectivity index (χ4v) is 1.32. The summed E-state index contributed by atoms with van der Waals surface area (Å²) in [4.78, 5) is 21.0. The van der Waals surface area contributed by atoms with Crippen LogP contribution in [0.25, 0.3) is 0 Å². The molecule has 0 aromatic carbocycles. The van der Waals surface area contributed by atoms with Crippen molar-refractivity contribution in [3.8, 4) is 0 Å². The highest BCUT2D eigenvalue weighted by molar-refractivity contribution is 5.92. The molecule has 3 nitrogen and oxygen atoms in total. The van der Waals surface area contributed by atoms with E-state index >= 15 is 0 Å². The smallest absolute Gasteiger partial charge is 0.155 e. The maximum Gasteiger partial charge on any atom is 0.155 e. The molecule has 0 heterocycles. The van der Waals surface area contributed by atoms with Crippen molar-refractivity contribution in [1.82, 2.24) is 0 Å². The first kappa shape index (κ1) is 14.0. The maximum absolute atomic E-state index is 11.1. The number of ketones is 1. The molecule has 0 saturated heterocycles. The average molecular weight is 212 g/mol. The minimum absolute atomic E-state index is 0.0117. The molecule has 0 aliphatic rings. The Kier molecular flexibility index (Phi) is 8.98. The van der Waals surface area contributed by atoms with Crippen LogP contribution in [0.3, 0.4) is 0 Å². The van der Waals surface area contributed by atoms with Crippen molar-refractivity contribution in [2.24, 2.45) is 0 Å². The third-order valence-electron chi connectivity index (χ3n) is 2.16. The fraction of sp³-hybridized carbons (Fsp3) is 0.667. The number of unbranched alkanes of at least 4 members (excludes halogenated alkanes) is 3. The van der Waals surface area contributed by atoms with Crippen LogP contribution in [0.5, 0.6) is 0 Å². The van der Waals surface area contributed by atoms with Crippen molar-refractivity contribution in [2.75, 3.05) is 0 Å². The number of allylic oxidation sites excluding steroid dienone is 2. The van der Waals surface area contributed by atoms with Gasteiger partial charge in [-0.15, -0.1) is 0 Å². The third kappa shape index (κ3) is 11.0. The van der Waals surface area contributed by atoms with Crippen LogP contribution >= 0.6 is 0 Å². The van der Waals surface area contributed by atoms with Crippen LogP contribution in [-0.2, 0) is 9.59 Å². The molecule has 0 fully saturated rings. The summed E-state index contributed by atoms with van der Waals surface area (Å²) >= 11 is 0. The van der Waals surface area contributed by atoms with Crippen molar-refractivity contribution >= 4 is 12.1 Å². The average Bonchev–Trinajstić information content (AvgIpc) is 2.19. The normalized spacial score (nSPS) is 12.9. The molecule has 0 spiro atoms. The van der Waals surface area contributed by atoms with Crippen molar-refractivity contribution < 1.29 is 14.7 Å². The second-order valence-corrected chi connectivity index (χ2v) is 3.76. The lowest BCUT2D eigenvalue weighted by atomic mass is 10.1. The van der Waals surface area contributed by atoms with E-state index in [2.05, 4.69) is 0 Å². The highest BCUT2D eigenvalue weighted by Gasteiger charge is 1.98. The second-order valence-electron chi connectivity index (χ2n) is 3.76. The number of aliphatic hydroxyl groups excluding tert-OH is 1. The van der Waals surface area contributed by atoms with Gasteiger partial charge in [0, 0.05) is 6.42 Å². The largest absolute Gasteiger partial charge is 0.393 e. The summed E-state index contributed by atoms with van der Waals surface area (Å²) in [6, 6.07) is 0. The Balaban J connectivity index is 3.27. The highest BCUT2D eigenvalue weighted by Crippen LogP contribution is 2.07. The van der Waals surface area contributed by atoms with Crippen LogP contribution < -0.4 is 0 Å². The van der Waals surface area contributed by atoms with Crippen LogP contribution in [0.15, 0.2) is 12.2 Å². The zero-order valence-electron chi connectivity index (χ0n) is 9.32. The molecule has 0 unspecified atom stereocenters. The Morgan fingerprint density at radius 3 is 2.53 bits per heavy atom. The second kappa shape index (κ2) is 9.59. The van der Waals surface area contributed by atoms with Crippen LogP contribution in [-0.4, -0.2) is 23.3 Å². The van der Waals surface area contributed by atoms with Gasteiger partial charge in [0.1, 0.15) is 6.29 Å². The van der Waals surface area contributed by atoms with Gasteiger partial charge >= 0.3 is 0 Å². The summed E-state index contributed by atoms with van der Waals surface area (Å²) in [7, 11) is 0. The van der Waals surface area contributed by atoms with Crippen molar-refractivity contribution in [1.29, 1.82) is 0 Å². The molecule has 0 aliphatic heterocycles. The Morgan fingerprint density at radius 1 is 1.27 bits per heavy atom. The van der Waals surface area contributed by atoms with E-state index in [1.807, 2.05) is 0 Å². The SMILES string of the molecule is C[C@@H](O)CCCCCCC(=O)/C=C/C=O. The number of aliphatic hydroxyl groups is 1. The van der Waals surface area contributed by atoms with Crippen molar-refractivity contribution in [2.45, 2.75) is 51.6 Å². The number of carbonyl (C=O) groups excluding carboxylic acids is 2. The van der Waals surface area contributed by atoms with Crippen LogP contribution in [0, 0.1) is 0 Å². The van der Waals surface area contributed by atoms with Crippen LogP contribution in [0.4, 0.5) is 0 Å². The molecular formula is C12H20O3. The Hall–Kier alpha value is -0.960. The number of hydrogen-bond donors (Lipinski definition) is 1. The molecule has 0 aliphatic carbocycles. The van der Waals surface area contributed by atoms with Gasteiger partial charge in [-0.25, -0.2) is 0 Å². The van der Waals surface area contributed by atoms with Gasteiger partial charge in [0.15, 0.2) is 5.78 Å². The van der Waals surface area contributed by atoms with Gasteiger partial charge < -0.3 is 5.11 Å². The molecule has 0 aromatic rings. The zero-order chi connectivity index (χ0) is 11.5. The topological polar surface area (TPSA) is 54.4 Å². The van der Waals surface area contributed by atoms with Gasteiger partial charge in [-0.2, -0.15) is 0 Å². The van der Waals surface area contributed by atoms with E-state index in [9.17, 15) is 9.59 Å². The van der Waals surface area contributed by atoms with E-state index in [0.29, 0.717) is 12.7 Å². The molecule has 0 aromatic heterocycles. The predicted octanol–water partition coefficient (Wildman–Crippen LogP) is 2.03. The first-order valence-electron chi connectivity index (χ1n) is 5.49. The minimum atomic E-state index is -0.220. The van der Waals surface area contributed by atoms with E-state index in [1.165, 1.54) is 12.2 Å². The van der Waals surface area contributed by atoms with E-state index < -0.39 is 0 Å². The maximum atomic E-state index is 11.1. The lowest BCUT2D eigenvalue weighted by Gasteiger charge is -2.02. The van der Waals surface area contributed by atoms with Crippen molar-refractivity contribution in [3.63, 3.8) is 0 Å². The quantitative estimate of drug-likeness (QED) is 0.361. The molecule has 1 N–H and O–H groups in total. The van der Waals surface area contributed by atoms with Gasteiger partial charge in [0.05, 0.1) is 6.10 Å². The summed E-state index contributed by atoms with van der Waals surface area (Å²) in [6.45, 7) is 1.79. The molecule has 3 heteroatoms. The first-order chi connectivity index (χ1) is 7.16. The molecular weight excluding hydrogens is 192 g/mol. The third-order valence-corrected chi connectivity index (χ3v) is 2.16. The van der Waals surface area contributed by atoms with Gasteiger partial charge in [-0.3, -0.25) is 9.59 Å². The molecule has 0 bridgehead atoms. The standard InChI is InChI=1S/C12H20O3/c1-11(14)7-4-2-3-5-8-12(15)9-6-10-13/h6,9-11,14H,2-5,7-8H2,1H3/b9-6+/t11-/m1/s1. The molecule has 0 saturated carbocycles. The number of hydrogen-bond acceptors (Lipinski definition) is 3. The molecule has 1 atom stereocenters. The zero-order valence-corrected chi connectivity index (χ0v) is 9.32. The summed E-state index contributed by atoms with van der Waals surface area (Å²) in [5.41, 5.74) is 0. The number of carbonyl (C=O) groups is 2. The summed E-state index contributed by atoms with van der Waals surface area (Å²) in [6.07, 6.45) is 8.22. The van der Waals surface area contributed by atoms with E-state index in [1.54, 1.807) is 6.92 Å². The van der Waals surface area contributed by atoms with Crippen LogP contribution in [0.2, 0.25) is 0 Å². The minimum Gasteiger partial charge on any atom is -0.393 e. The van der Waals surface area contributed by atoms with Crippen molar-refractivity contribution in [3.05, 3.63) is 12.2 Å². The predicted molar refractivity (Wildman–Crippen MR) is 59.6 cm³/mol. The number of aldehydes is 1. The van der Waals surface area contributed by atoms with Gasteiger partial charge in [-0.05, 0) is 31.9 Å². The first-order valence-corrected chi connectivity index (χ1v) is 5.49. The molecule has 15 heavy (non-hydrogen) atoms. The molecule has 0 amide bonds. The monoisotopic (exact) mass is 212 g/mol. The lowest BCUT2D eigenvalue weighted by molar-refractivity contribution is -0.115. The van der Waals surface area contributed by atoms with E-state index in [4.69, 9.17) is 5.11 Å². The van der Waals surface area contributed by atoms with E-state index in [-0.39, 0.29) is 11.9 Å². The molecule has 86 valence electrons. The highest BCUT2D eigenvalue weighted by atomic mass is 16.3.